The summed E-state index contributed by atoms with van der Waals surface area (Å²) in [6, 6.07) is 5.78. The van der Waals surface area contributed by atoms with Crippen molar-refractivity contribution in [3.05, 3.63) is 55.9 Å². The third-order valence-electron chi connectivity index (χ3n) is 2.80. The van der Waals surface area contributed by atoms with Crippen LogP contribution in [0, 0.1) is 20.8 Å². The van der Waals surface area contributed by atoms with Gasteiger partial charge < -0.3 is 0 Å². The highest BCUT2D eigenvalue weighted by Gasteiger charge is 2.09. The molecule has 18 heavy (non-hydrogen) atoms. The summed E-state index contributed by atoms with van der Waals surface area (Å²) in [5.41, 5.74) is 3.15. The highest BCUT2D eigenvalue weighted by Crippen LogP contribution is 2.17. The Hall–Kier alpha value is -1.49. The van der Waals surface area contributed by atoms with Crippen LogP contribution in [0.15, 0.2) is 27.5 Å². The molecule has 4 nitrogen and oxygen atoms in total. The largest absolute Gasteiger partial charge is 0.348 e. The first-order valence-corrected chi connectivity index (χ1v) is 6.44. The van der Waals surface area contributed by atoms with Crippen LogP contribution in [0.25, 0.3) is 0 Å². The second kappa shape index (κ2) is 5.02. The van der Waals surface area contributed by atoms with E-state index in [-0.39, 0.29) is 5.69 Å². The first kappa shape index (κ1) is 13.0. The van der Waals surface area contributed by atoms with Crippen LogP contribution in [0.4, 0.5) is 0 Å². The number of aromatic nitrogens is 3. The summed E-state index contributed by atoms with van der Waals surface area (Å²) in [4.78, 5) is 20.3. The van der Waals surface area contributed by atoms with E-state index in [4.69, 9.17) is 0 Å². The van der Waals surface area contributed by atoms with Gasteiger partial charge in [0.15, 0.2) is 0 Å². The van der Waals surface area contributed by atoms with Crippen molar-refractivity contribution in [2.24, 2.45) is 0 Å². The van der Waals surface area contributed by atoms with E-state index in [1.54, 1.807) is 4.57 Å². The Bertz CT molecular complexity index is 649. The maximum absolute atomic E-state index is 11.9. The minimum absolute atomic E-state index is 0.239. The van der Waals surface area contributed by atoms with Gasteiger partial charge in [-0.1, -0.05) is 6.07 Å². The number of hydrogen-bond donors (Lipinski definition) is 0. The first-order valence-electron chi connectivity index (χ1n) is 5.65. The third-order valence-corrected chi connectivity index (χ3v) is 3.95. The molecule has 0 saturated heterocycles. The number of pyridine rings is 1. The van der Waals surface area contributed by atoms with Crippen LogP contribution in [0.3, 0.4) is 0 Å². The topological polar surface area (TPSA) is 47.8 Å². The molecule has 0 aliphatic heterocycles. The standard InChI is InChI=1S/C13H14BrN3O/c1-8-5-4-6-11(15-8)7-17-10(3)12(14)9(2)16-13(17)18/h4-6H,7H2,1-3H3. The monoisotopic (exact) mass is 307 g/mol. The van der Waals surface area contributed by atoms with Crippen LogP contribution >= 0.6 is 15.9 Å². The summed E-state index contributed by atoms with van der Waals surface area (Å²) in [5, 5.41) is 0. The molecule has 0 unspecified atom stereocenters. The van der Waals surface area contributed by atoms with E-state index in [1.807, 2.05) is 39.0 Å². The van der Waals surface area contributed by atoms with Crippen molar-refractivity contribution < 1.29 is 0 Å². The second-order valence-corrected chi connectivity index (χ2v) is 5.03. The molecule has 0 fully saturated rings. The van der Waals surface area contributed by atoms with E-state index < -0.39 is 0 Å². The van der Waals surface area contributed by atoms with E-state index in [1.165, 1.54) is 0 Å². The molecule has 2 aromatic heterocycles. The second-order valence-electron chi connectivity index (χ2n) is 4.24. The molecule has 0 saturated carbocycles. The van der Waals surface area contributed by atoms with Gasteiger partial charge in [0, 0.05) is 11.4 Å². The Balaban J connectivity index is 2.47. The molecular formula is C13H14BrN3O. The lowest BCUT2D eigenvalue weighted by Crippen LogP contribution is -2.27. The lowest BCUT2D eigenvalue weighted by atomic mass is 10.3. The van der Waals surface area contributed by atoms with Gasteiger partial charge in [-0.15, -0.1) is 0 Å². The van der Waals surface area contributed by atoms with Gasteiger partial charge in [-0.2, -0.15) is 4.98 Å². The van der Waals surface area contributed by atoms with Crippen molar-refractivity contribution in [3.63, 3.8) is 0 Å². The molecule has 2 heterocycles. The number of rotatable bonds is 2. The van der Waals surface area contributed by atoms with Crippen molar-refractivity contribution in [1.29, 1.82) is 0 Å². The maximum Gasteiger partial charge on any atom is 0.348 e. The Morgan fingerprint density at radius 1 is 1.22 bits per heavy atom. The van der Waals surface area contributed by atoms with Gasteiger partial charge in [0.1, 0.15) is 0 Å². The summed E-state index contributed by atoms with van der Waals surface area (Å²) >= 11 is 3.45. The summed E-state index contributed by atoms with van der Waals surface area (Å²) in [7, 11) is 0. The van der Waals surface area contributed by atoms with E-state index in [0.29, 0.717) is 12.2 Å². The highest BCUT2D eigenvalue weighted by molar-refractivity contribution is 9.10. The van der Waals surface area contributed by atoms with Gasteiger partial charge >= 0.3 is 5.69 Å². The lowest BCUT2D eigenvalue weighted by Gasteiger charge is -2.11. The van der Waals surface area contributed by atoms with Gasteiger partial charge in [-0.25, -0.2) is 4.79 Å². The molecule has 2 rings (SSSR count). The molecule has 5 heteroatoms. The molecule has 0 amide bonds. The SMILES string of the molecule is Cc1cccc(Cn2c(C)c(Br)c(C)nc2=O)n1. The van der Waals surface area contributed by atoms with Crippen molar-refractivity contribution in [2.75, 3.05) is 0 Å². The molecule has 0 aliphatic carbocycles. The molecule has 94 valence electrons. The zero-order chi connectivity index (χ0) is 13.3. The van der Waals surface area contributed by atoms with E-state index in [9.17, 15) is 4.79 Å². The fraction of sp³-hybridized carbons (Fsp3) is 0.308. The minimum atomic E-state index is -0.239. The van der Waals surface area contributed by atoms with Gasteiger partial charge in [-0.3, -0.25) is 9.55 Å². The summed E-state index contributed by atoms with van der Waals surface area (Å²) in [6.45, 7) is 6.09. The summed E-state index contributed by atoms with van der Waals surface area (Å²) < 4.78 is 2.49. The average Bonchev–Trinajstić information content (AvgIpc) is 2.32. The van der Waals surface area contributed by atoms with Gasteiger partial charge in [-0.05, 0) is 48.8 Å². The van der Waals surface area contributed by atoms with Crippen molar-refractivity contribution in [1.82, 2.24) is 14.5 Å². The van der Waals surface area contributed by atoms with Crippen LogP contribution < -0.4 is 5.69 Å². The van der Waals surface area contributed by atoms with Crippen LogP contribution in [-0.2, 0) is 6.54 Å². The number of nitrogens with zero attached hydrogens (tertiary/aromatic N) is 3. The molecular weight excluding hydrogens is 294 g/mol. The Labute approximate surface area is 114 Å². The Morgan fingerprint density at radius 3 is 2.61 bits per heavy atom. The number of aryl methyl sites for hydroxylation is 2. The Morgan fingerprint density at radius 2 is 1.94 bits per heavy atom. The smallest absolute Gasteiger partial charge is 0.289 e. The maximum atomic E-state index is 11.9. The normalized spacial score (nSPS) is 10.7. The van der Waals surface area contributed by atoms with Crippen LogP contribution in [-0.4, -0.2) is 14.5 Å². The molecule has 0 spiro atoms. The fourth-order valence-corrected chi connectivity index (χ4v) is 2.12. The van der Waals surface area contributed by atoms with Gasteiger partial charge in [0.05, 0.1) is 22.4 Å². The molecule has 0 aromatic carbocycles. The number of hydrogen-bond acceptors (Lipinski definition) is 3. The van der Waals surface area contributed by atoms with E-state index >= 15 is 0 Å². The predicted molar refractivity (Wildman–Crippen MR) is 73.7 cm³/mol. The molecule has 2 aromatic rings. The average molecular weight is 308 g/mol. The number of halogens is 1. The van der Waals surface area contributed by atoms with Crippen molar-refractivity contribution in [2.45, 2.75) is 27.3 Å². The van der Waals surface area contributed by atoms with Crippen molar-refractivity contribution in [3.8, 4) is 0 Å². The molecule has 0 radical (unpaired) electrons. The highest BCUT2D eigenvalue weighted by atomic mass is 79.9. The quantitative estimate of drug-likeness (QED) is 0.856. The van der Waals surface area contributed by atoms with Gasteiger partial charge in [0.25, 0.3) is 0 Å². The fourth-order valence-electron chi connectivity index (χ4n) is 1.81. The van der Waals surface area contributed by atoms with Crippen molar-refractivity contribution >= 4 is 15.9 Å². The summed E-state index contributed by atoms with van der Waals surface area (Å²) in [5.74, 6) is 0. The van der Waals surface area contributed by atoms with Crippen LogP contribution in [0.1, 0.15) is 22.8 Å². The predicted octanol–water partition coefficient (Wildman–Crippen LogP) is 2.37. The minimum Gasteiger partial charge on any atom is -0.289 e. The third kappa shape index (κ3) is 2.51. The lowest BCUT2D eigenvalue weighted by molar-refractivity contribution is 0.674. The van der Waals surface area contributed by atoms with Gasteiger partial charge in [0.2, 0.25) is 0 Å². The zero-order valence-electron chi connectivity index (χ0n) is 10.6. The van der Waals surface area contributed by atoms with Crippen LogP contribution in [0.5, 0.6) is 0 Å². The molecule has 0 N–H and O–H groups in total. The summed E-state index contributed by atoms with van der Waals surface area (Å²) in [6.07, 6.45) is 0. The van der Waals surface area contributed by atoms with E-state index in [2.05, 4.69) is 25.9 Å². The Kier molecular flexibility index (Phi) is 3.61. The zero-order valence-corrected chi connectivity index (χ0v) is 12.2. The van der Waals surface area contributed by atoms with Crippen LogP contribution in [0.2, 0.25) is 0 Å². The first-order chi connectivity index (χ1) is 8.49. The van der Waals surface area contributed by atoms with E-state index in [0.717, 1.165) is 21.6 Å². The molecule has 0 bridgehead atoms. The molecule has 0 atom stereocenters. The molecule has 0 aliphatic rings.